The molecule has 0 aliphatic heterocycles. The zero-order valence-corrected chi connectivity index (χ0v) is 8.00. The summed E-state index contributed by atoms with van der Waals surface area (Å²) in [7, 11) is -3.30. The van der Waals surface area contributed by atoms with Crippen LogP contribution < -0.4 is 5.73 Å². The fourth-order valence-corrected chi connectivity index (χ4v) is 1.86. The van der Waals surface area contributed by atoms with E-state index < -0.39 is 9.84 Å². The number of hydrogen-bond acceptors (Lipinski definition) is 4. The van der Waals surface area contributed by atoms with Crippen LogP contribution in [-0.4, -0.2) is 19.8 Å². The first-order valence-corrected chi connectivity index (χ1v) is 5.53. The van der Waals surface area contributed by atoms with Gasteiger partial charge in [-0.25, -0.2) is 8.42 Å². The standard InChI is InChI=1S/C8H11NO3S/c1-13(11,12)8-4-6(5-10)2-3-7(8)9/h2-4,10H,5,9H2,1H3. The summed E-state index contributed by atoms with van der Waals surface area (Å²) >= 11 is 0. The third kappa shape index (κ3) is 2.19. The summed E-state index contributed by atoms with van der Waals surface area (Å²) in [5, 5.41) is 8.78. The van der Waals surface area contributed by atoms with Gasteiger partial charge in [-0.1, -0.05) is 6.07 Å². The van der Waals surface area contributed by atoms with E-state index >= 15 is 0 Å². The van der Waals surface area contributed by atoms with E-state index in [2.05, 4.69) is 0 Å². The lowest BCUT2D eigenvalue weighted by atomic mass is 10.2. The summed E-state index contributed by atoms with van der Waals surface area (Å²) in [5.74, 6) is 0. The van der Waals surface area contributed by atoms with Gasteiger partial charge in [0.1, 0.15) is 0 Å². The van der Waals surface area contributed by atoms with E-state index in [-0.39, 0.29) is 17.2 Å². The van der Waals surface area contributed by atoms with Crippen molar-refractivity contribution in [3.8, 4) is 0 Å². The zero-order chi connectivity index (χ0) is 10.1. The zero-order valence-electron chi connectivity index (χ0n) is 7.19. The highest BCUT2D eigenvalue weighted by atomic mass is 32.2. The lowest BCUT2D eigenvalue weighted by Crippen LogP contribution is -2.03. The average molecular weight is 201 g/mol. The largest absolute Gasteiger partial charge is 0.398 e. The van der Waals surface area contributed by atoms with Crippen molar-refractivity contribution in [2.75, 3.05) is 12.0 Å². The summed E-state index contributed by atoms with van der Waals surface area (Å²) in [6, 6.07) is 4.44. The molecule has 1 rings (SSSR count). The highest BCUT2D eigenvalue weighted by Gasteiger charge is 2.11. The predicted molar refractivity (Wildman–Crippen MR) is 49.9 cm³/mol. The predicted octanol–water partition coefficient (Wildman–Crippen LogP) is 0.165. The van der Waals surface area contributed by atoms with Crippen molar-refractivity contribution in [3.63, 3.8) is 0 Å². The van der Waals surface area contributed by atoms with Crippen LogP contribution >= 0.6 is 0 Å². The number of benzene rings is 1. The SMILES string of the molecule is CS(=O)(=O)c1cc(CO)ccc1N. The molecule has 0 atom stereocenters. The topological polar surface area (TPSA) is 80.4 Å². The molecule has 3 N–H and O–H groups in total. The van der Waals surface area contributed by atoms with Gasteiger partial charge in [-0.05, 0) is 17.7 Å². The van der Waals surface area contributed by atoms with E-state index in [0.29, 0.717) is 5.56 Å². The minimum atomic E-state index is -3.30. The Hall–Kier alpha value is -1.07. The fourth-order valence-electron chi connectivity index (χ4n) is 0.998. The van der Waals surface area contributed by atoms with E-state index in [1.54, 1.807) is 6.07 Å². The first-order valence-electron chi connectivity index (χ1n) is 3.64. The summed E-state index contributed by atoms with van der Waals surface area (Å²) in [5.41, 5.74) is 6.21. The number of sulfone groups is 1. The maximum absolute atomic E-state index is 11.2. The molecule has 4 nitrogen and oxygen atoms in total. The van der Waals surface area contributed by atoms with E-state index in [1.807, 2.05) is 0 Å². The molecule has 1 aromatic carbocycles. The Bertz CT molecular complexity index is 411. The van der Waals surface area contributed by atoms with Crippen molar-refractivity contribution < 1.29 is 13.5 Å². The number of aliphatic hydroxyl groups is 1. The van der Waals surface area contributed by atoms with Crippen molar-refractivity contribution in [3.05, 3.63) is 23.8 Å². The molecule has 0 bridgehead atoms. The van der Waals surface area contributed by atoms with Gasteiger partial charge in [-0.2, -0.15) is 0 Å². The van der Waals surface area contributed by atoms with Gasteiger partial charge in [-0.15, -0.1) is 0 Å². The second-order valence-electron chi connectivity index (χ2n) is 2.80. The number of rotatable bonds is 2. The van der Waals surface area contributed by atoms with Crippen LogP contribution in [0.5, 0.6) is 0 Å². The van der Waals surface area contributed by atoms with E-state index in [1.165, 1.54) is 12.1 Å². The quantitative estimate of drug-likeness (QED) is 0.668. The molecule has 13 heavy (non-hydrogen) atoms. The molecule has 0 saturated carbocycles. The molecule has 0 saturated heterocycles. The number of hydrogen-bond donors (Lipinski definition) is 2. The fraction of sp³-hybridized carbons (Fsp3) is 0.250. The van der Waals surface area contributed by atoms with E-state index in [4.69, 9.17) is 10.8 Å². The van der Waals surface area contributed by atoms with Crippen LogP contribution in [0.2, 0.25) is 0 Å². The second-order valence-corrected chi connectivity index (χ2v) is 4.79. The van der Waals surface area contributed by atoms with Gasteiger partial charge in [0.2, 0.25) is 0 Å². The maximum Gasteiger partial charge on any atom is 0.177 e. The van der Waals surface area contributed by atoms with Gasteiger partial charge in [0.25, 0.3) is 0 Å². The molecule has 0 radical (unpaired) electrons. The van der Waals surface area contributed by atoms with Gasteiger partial charge >= 0.3 is 0 Å². The molecule has 0 aliphatic rings. The van der Waals surface area contributed by atoms with Crippen molar-refractivity contribution in [1.82, 2.24) is 0 Å². The smallest absolute Gasteiger partial charge is 0.177 e. The van der Waals surface area contributed by atoms with Crippen LogP contribution in [0.1, 0.15) is 5.56 Å². The van der Waals surface area contributed by atoms with Crippen LogP contribution in [0.3, 0.4) is 0 Å². The van der Waals surface area contributed by atoms with Gasteiger partial charge in [0.15, 0.2) is 9.84 Å². The Balaban J connectivity index is 3.36. The minimum absolute atomic E-state index is 0.0686. The third-order valence-corrected chi connectivity index (χ3v) is 2.81. The normalized spacial score (nSPS) is 11.5. The minimum Gasteiger partial charge on any atom is -0.398 e. The van der Waals surface area contributed by atoms with Crippen LogP contribution in [0.4, 0.5) is 5.69 Å². The van der Waals surface area contributed by atoms with Gasteiger partial charge in [-0.3, -0.25) is 0 Å². The molecular weight excluding hydrogens is 190 g/mol. The first kappa shape index (κ1) is 10.0. The van der Waals surface area contributed by atoms with Crippen molar-refractivity contribution in [2.24, 2.45) is 0 Å². The molecule has 0 fully saturated rings. The summed E-state index contributed by atoms with van der Waals surface area (Å²) in [4.78, 5) is 0.0686. The van der Waals surface area contributed by atoms with E-state index in [9.17, 15) is 8.42 Å². The molecule has 0 unspecified atom stereocenters. The first-order chi connectivity index (χ1) is 5.95. The summed E-state index contributed by atoms with van der Waals surface area (Å²) in [6.45, 7) is -0.192. The number of aliphatic hydroxyl groups excluding tert-OH is 1. The lowest BCUT2D eigenvalue weighted by Gasteiger charge is -2.04. The summed E-state index contributed by atoms with van der Waals surface area (Å²) < 4.78 is 22.3. The highest BCUT2D eigenvalue weighted by Crippen LogP contribution is 2.19. The summed E-state index contributed by atoms with van der Waals surface area (Å²) in [6.07, 6.45) is 1.08. The van der Waals surface area contributed by atoms with Crippen LogP contribution in [0.25, 0.3) is 0 Å². The lowest BCUT2D eigenvalue weighted by molar-refractivity contribution is 0.281. The molecule has 0 spiro atoms. The Morgan fingerprint density at radius 3 is 2.54 bits per heavy atom. The Kier molecular flexibility index (Phi) is 2.58. The van der Waals surface area contributed by atoms with Crippen LogP contribution in [0, 0.1) is 0 Å². The maximum atomic E-state index is 11.2. The Morgan fingerprint density at radius 2 is 2.08 bits per heavy atom. The monoisotopic (exact) mass is 201 g/mol. The van der Waals surface area contributed by atoms with Gasteiger partial charge < -0.3 is 10.8 Å². The molecule has 72 valence electrons. The van der Waals surface area contributed by atoms with Crippen LogP contribution in [-0.2, 0) is 16.4 Å². The number of nitrogen functional groups attached to an aromatic ring is 1. The molecular formula is C8H11NO3S. The Morgan fingerprint density at radius 1 is 1.46 bits per heavy atom. The number of anilines is 1. The molecule has 0 aromatic heterocycles. The average Bonchev–Trinajstić information content (AvgIpc) is 2.03. The highest BCUT2D eigenvalue weighted by molar-refractivity contribution is 7.90. The van der Waals surface area contributed by atoms with Crippen molar-refractivity contribution in [1.29, 1.82) is 0 Å². The van der Waals surface area contributed by atoms with Crippen molar-refractivity contribution in [2.45, 2.75) is 11.5 Å². The molecule has 5 heteroatoms. The van der Waals surface area contributed by atoms with E-state index in [0.717, 1.165) is 6.26 Å². The van der Waals surface area contributed by atoms with Gasteiger partial charge in [0, 0.05) is 6.26 Å². The molecule has 1 aromatic rings. The van der Waals surface area contributed by atoms with Gasteiger partial charge in [0.05, 0.1) is 17.2 Å². The molecule has 0 amide bonds. The second kappa shape index (κ2) is 3.35. The third-order valence-electron chi connectivity index (χ3n) is 1.66. The van der Waals surface area contributed by atoms with Crippen molar-refractivity contribution >= 4 is 15.5 Å². The van der Waals surface area contributed by atoms with Crippen LogP contribution in [0.15, 0.2) is 23.1 Å². The number of nitrogens with two attached hydrogens (primary N) is 1. The molecule has 0 aliphatic carbocycles. The molecule has 0 heterocycles. The Labute approximate surface area is 76.9 Å².